The third kappa shape index (κ3) is 1.67. The first-order chi connectivity index (χ1) is 8.06. The van der Waals surface area contributed by atoms with Crippen LogP contribution in [0.4, 0.5) is 8.78 Å². The highest BCUT2D eigenvalue weighted by atomic mass is 19.2. The van der Waals surface area contributed by atoms with Crippen molar-refractivity contribution in [2.24, 2.45) is 0 Å². The van der Waals surface area contributed by atoms with E-state index in [4.69, 9.17) is 0 Å². The number of ether oxygens (including phenoxy) is 1. The van der Waals surface area contributed by atoms with Gasteiger partial charge in [-0.3, -0.25) is 4.79 Å². The van der Waals surface area contributed by atoms with Gasteiger partial charge in [0, 0.05) is 11.6 Å². The quantitative estimate of drug-likeness (QED) is 0.769. The molecule has 0 radical (unpaired) electrons. The zero-order valence-electron chi connectivity index (χ0n) is 8.71. The SMILES string of the molecule is COC(=O)c1c[nH]c2c(F)c(F)ccc2c1=O. The Morgan fingerprint density at radius 1 is 1.35 bits per heavy atom. The first-order valence-electron chi connectivity index (χ1n) is 4.64. The molecule has 1 N–H and O–H groups in total. The Morgan fingerprint density at radius 2 is 2.06 bits per heavy atom. The molecule has 0 aliphatic carbocycles. The maximum absolute atomic E-state index is 13.3. The van der Waals surface area contributed by atoms with Crippen molar-refractivity contribution in [2.75, 3.05) is 7.11 Å². The number of fused-ring (bicyclic) bond motifs is 1. The van der Waals surface area contributed by atoms with E-state index in [1.165, 1.54) is 0 Å². The van der Waals surface area contributed by atoms with E-state index in [2.05, 4.69) is 9.72 Å². The van der Waals surface area contributed by atoms with Crippen molar-refractivity contribution in [3.8, 4) is 0 Å². The van der Waals surface area contributed by atoms with Crippen LogP contribution in [0, 0.1) is 11.6 Å². The number of aromatic amines is 1. The average molecular weight is 239 g/mol. The number of esters is 1. The summed E-state index contributed by atoms with van der Waals surface area (Å²) in [6.45, 7) is 0. The van der Waals surface area contributed by atoms with Crippen molar-refractivity contribution in [1.29, 1.82) is 0 Å². The molecule has 0 saturated carbocycles. The number of pyridine rings is 1. The van der Waals surface area contributed by atoms with Crippen molar-refractivity contribution >= 4 is 16.9 Å². The lowest BCUT2D eigenvalue weighted by molar-refractivity contribution is 0.0599. The molecule has 0 fully saturated rings. The van der Waals surface area contributed by atoms with Crippen LogP contribution in [0.2, 0.25) is 0 Å². The highest BCUT2D eigenvalue weighted by Crippen LogP contribution is 2.15. The van der Waals surface area contributed by atoms with E-state index >= 15 is 0 Å². The lowest BCUT2D eigenvalue weighted by atomic mass is 10.1. The standard InChI is InChI=1S/C11H7F2NO3/c1-17-11(16)6-4-14-9-5(10(6)15)2-3-7(12)8(9)13/h2-4H,1H3,(H,14,15). The number of aromatic nitrogens is 1. The molecule has 0 aliphatic rings. The maximum Gasteiger partial charge on any atom is 0.343 e. The van der Waals surface area contributed by atoms with Crippen LogP contribution >= 0.6 is 0 Å². The summed E-state index contributed by atoms with van der Waals surface area (Å²) in [5, 5.41) is -0.105. The van der Waals surface area contributed by atoms with Gasteiger partial charge in [-0.2, -0.15) is 0 Å². The molecular formula is C11H7F2NO3. The van der Waals surface area contributed by atoms with E-state index in [0.717, 1.165) is 25.4 Å². The van der Waals surface area contributed by atoms with Gasteiger partial charge < -0.3 is 9.72 Å². The molecule has 0 atom stereocenters. The molecule has 0 amide bonds. The van der Waals surface area contributed by atoms with Gasteiger partial charge in [0.25, 0.3) is 0 Å². The molecule has 88 valence electrons. The fourth-order valence-corrected chi connectivity index (χ4v) is 1.50. The number of H-pyrrole nitrogens is 1. The number of hydrogen-bond donors (Lipinski definition) is 1. The fraction of sp³-hybridized carbons (Fsp3) is 0.0909. The minimum atomic E-state index is -1.16. The summed E-state index contributed by atoms with van der Waals surface area (Å²) >= 11 is 0. The molecule has 6 heteroatoms. The smallest absolute Gasteiger partial charge is 0.343 e. The van der Waals surface area contributed by atoms with Crippen molar-refractivity contribution in [3.05, 3.63) is 45.8 Å². The monoisotopic (exact) mass is 239 g/mol. The van der Waals surface area contributed by atoms with Crippen LogP contribution < -0.4 is 5.43 Å². The zero-order valence-corrected chi connectivity index (χ0v) is 8.71. The van der Waals surface area contributed by atoms with Gasteiger partial charge >= 0.3 is 5.97 Å². The normalized spacial score (nSPS) is 10.5. The number of halogens is 2. The predicted octanol–water partition coefficient (Wildman–Crippen LogP) is 1.59. The molecule has 2 aromatic rings. The summed E-state index contributed by atoms with van der Waals surface area (Å²) in [5.74, 6) is -3.06. The second-order valence-corrected chi connectivity index (χ2v) is 3.31. The fourth-order valence-electron chi connectivity index (χ4n) is 1.50. The molecule has 0 spiro atoms. The van der Waals surface area contributed by atoms with E-state index in [9.17, 15) is 18.4 Å². The van der Waals surface area contributed by atoms with E-state index in [1.807, 2.05) is 0 Å². The van der Waals surface area contributed by atoms with Gasteiger partial charge in [-0.25, -0.2) is 13.6 Å². The van der Waals surface area contributed by atoms with Crippen molar-refractivity contribution in [2.45, 2.75) is 0 Å². The van der Waals surface area contributed by atoms with Crippen LogP contribution in [0.5, 0.6) is 0 Å². The third-order valence-electron chi connectivity index (χ3n) is 2.35. The van der Waals surface area contributed by atoms with Crippen molar-refractivity contribution in [1.82, 2.24) is 4.98 Å². The van der Waals surface area contributed by atoms with Gasteiger partial charge in [-0.05, 0) is 12.1 Å². The van der Waals surface area contributed by atoms with Crippen LogP contribution in [-0.4, -0.2) is 18.1 Å². The summed E-state index contributed by atoms with van der Waals surface area (Å²) < 4.78 is 30.6. The molecule has 0 saturated heterocycles. The second kappa shape index (κ2) is 3.97. The summed E-state index contributed by atoms with van der Waals surface area (Å²) in [6.07, 6.45) is 0.999. The molecule has 0 unspecified atom stereocenters. The number of rotatable bonds is 1. The maximum atomic E-state index is 13.3. The lowest BCUT2D eigenvalue weighted by Gasteiger charge is -2.03. The largest absolute Gasteiger partial charge is 0.465 e. The first kappa shape index (κ1) is 11.3. The second-order valence-electron chi connectivity index (χ2n) is 3.31. The number of methoxy groups -OCH3 is 1. The topological polar surface area (TPSA) is 59.2 Å². The molecule has 1 heterocycles. The van der Waals surface area contributed by atoms with E-state index in [-0.39, 0.29) is 16.5 Å². The number of hydrogen-bond acceptors (Lipinski definition) is 3. The molecule has 1 aromatic heterocycles. The Balaban J connectivity index is 2.83. The molecule has 2 rings (SSSR count). The van der Waals surface area contributed by atoms with Gasteiger partial charge in [-0.15, -0.1) is 0 Å². The minimum absolute atomic E-state index is 0.105. The van der Waals surface area contributed by atoms with Gasteiger partial charge in [0.05, 0.1) is 12.6 Å². The summed E-state index contributed by atoms with van der Waals surface area (Å²) in [4.78, 5) is 25.4. The van der Waals surface area contributed by atoms with Gasteiger partial charge in [0.2, 0.25) is 5.43 Å². The molecule has 4 nitrogen and oxygen atoms in total. The summed E-state index contributed by atoms with van der Waals surface area (Å²) in [5.41, 5.74) is -1.24. The molecule has 1 aromatic carbocycles. The zero-order chi connectivity index (χ0) is 12.6. The van der Waals surface area contributed by atoms with Crippen LogP contribution in [-0.2, 0) is 4.74 Å². The predicted molar refractivity (Wildman–Crippen MR) is 55.8 cm³/mol. The Kier molecular flexibility index (Phi) is 2.63. The van der Waals surface area contributed by atoms with E-state index < -0.39 is 23.0 Å². The van der Waals surface area contributed by atoms with Gasteiger partial charge in [-0.1, -0.05) is 0 Å². The van der Waals surface area contributed by atoms with Crippen molar-refractivity contribution in [3.63, 3.8) is 0 Å². The van der Waals surface area contributed by atoms with Crippen LogP contribution in [0.15, 0.2) is 23.1 Å². The molecule has 0 aliphatic heterocycles. The first-order valence-corrected chi connectivity index (χ1v) is 4.64. The number of benzene rings is 1. The highest BCUT2D eigenvalue weighted by molar-refractivity contribution is 5.93. The average Bonchev–Trinajstić information content (AvgIpc) is 2.33. The summed E-state index contributed by atoms with van der Waals surface area (Å²) in [6, 6.07) is 1.94. The van der Waals surface area contributed by atoms with Gasteiger partial charge in [0.15, 0.2) is 11.6 Å². The van der Waals surface area contributed by atoms with Crippen LogP contribution in [0.25, 0.3) is 10.9 Å². The Morgan fingerprint density at radius 3 is 2.71 bits per heavy atom. The minimum Gasteiger partial charge on any atom is -0.465 e. The third-order valence-corrected chi connectivity index (χ3v) is 2.35. The number of carbonyl (C=O) groups is 1. The number of nitrogens with one attached hydrogen (secondary N) is 1. The molecular weight excluding hydrogens is 232 g/mol. The Labute approximate surface area is 93.8 Å². The van der Waals surface area contributed by atoms with Crippen LogP contribution in [0.3, 0.4) is 0 Å². The van der Waals surface area contributed by atoms with Crippen LogP contribution in [0.1, 0.15) is 10.4 Å². The molecule has 0 bridgehead atoms. The van der Waals surface area contributed by atoms with E-state index in [1.54, 1.807) is 0 Å². The Bertz CT molecular complexity index is 664. The highest BCUT2D eigenvalue weighted by Gasteiger charge is 2.16. The van der Waals surface area contributed by atoms with E-state index in [0.29, 0.717) is 0 Å². The lowest BCUT2D eigenvalue weighted by Crippen LogP contribution is -2.17. The van der Waals surface area contributed by atoms with Gasteiger partial charge in [0.1, 0.15) is 5.56 Å². The molecule has 17 heavy (non-hydrogen) atoms. The Hall–Kier alpha value is -2.24. The number of carbonyl (C=O) groups excluding carboxylic acids is 1. The summed E-state index contributed by atoms with van der Waals surface area (Å²) in [7, 11) is 1.12. The van der Waals surface area contributed by atoms with Crippen molar-refractivity contribution < 1.29 is 18.3 Å².